The fourth-order valence-electron chi connectivity index (χ4n) is 4.17. The van der Waals surface area contributed by atoms with Crippen LogP contribution in [0.4, 0.5) is 0 Å². The van der Waals surface area contributed by atoms with E-state index in [0.29, 0.717) is 19.0 Å². The molecule has 0 N–H and O–H groups in total. The van der Waals surface area contributed by atoms with Crippen LogP contribution in [0.3, 0.4) is 0 Å². The molecule has 30 heavy (non-hydrogen) atoms. The van der Waals surface area contributed by atoms with Crippen molar-refractivity contribution in [1.29, 1.82) is 0 Å². The minimum absolute atomic E-state index is 0.0774. The lowest BCUT2D eigenvalue weighted by molar-refractivity contribution is -0.137. The summed E-state index contributed by atoms with van der Waals surface area (Å²) < 4.78 is 1.08. The third kappa shape index (κ3) is 5.24. The molecule has 2 fully saturated rings. The van der Waals surface area contributed by atoms with Crippen molar-refractivity contribution < 1.29 is 9.59 Å². The molecule has 160 valence electrons. The van der Waals surface area contributed by atoms with E-state index in [-0.39, 0.29) is 11.8 Å². The smallest absolute Gasteiger partial charge is 0.253 e. The number of thioether (sulfide) groups is 1. The topological polar surface area (TPSA) is 53.5 Å². The van der Waals surface area contributed by atoms with E-state index in [1.165, 1.54) is 12.0 Å². The fraction of sp³-hybridized carbons (Fsp3) is 0.522. The zero-order valence-electron chi connectivity index (χ0n) is 17.5. The summed E-state index contributed by atoms with van der Waals surface area (Å²) >= 11 is 3.40. The Morgan fingerprint density at radius 2 is 1.73 bits per heavy atom. The van der Waals surface area contributed by atoms with Crippen molar-refractivity contribution in [2.24, 2.45) is 5.92 Å². The standard InChI is InChI=1S/C23H29N3O2S2/c1-17-15-29-23(24-17)30-16-18-5-7-19(8-6-18)21(27)26-13-9-20(10-14-26)22(28)25-11-3-2-4-12-25/h5-8,15,20H,2-4,9-14,16H2,1H3. The number of rotatable bonds is 5. The van der Waals surface area contributed by atoms with E-state index in [1.807, 2.05) is 41.0 Å². The quantitative estimate of drug-likeness (QED) is 0.634. The summed E-state index contributed by atoms with van der Waals surface area (Å²) in [5.41, 5.74) is 2.98. The van der Waals surface area contributed by atoms with Crippen molar-refractivity contribution >= 4 is 34.9 Å². The first kappa shape index (κ1) is 21.4. The van der Waals surface area contributed by atoms with Gasteiger partial charge in [0.15, 0.2) is 0 Å². The highest BCUT2D eigenvalue weighted by molar-refractivity contribution is 8.00. The Morgan fingerprint density at radius 3 is 2.37 bits per heavy atom. The largest absolute Gasteiger partial charge is 0.342 e. The Morgan fingerprint density at radius 1 is 1.03 bits per heavy atom. The summed E-state index contributed by atoms with van der Waals surface area (Å²) in [5.74, 6) is 1.32. The van der Waals surface area contributed by atoms with Crippen LogP contribution in [0.25, 0.3) is 0 Å². The van der Waals surface area contributed by atoms with Crippen molar-refractivity contribution in [3.63, 3.8) is 0 Å². The Labute approximate surface area is 186 Å². The van der Waals surface area contributed by atoms with Crippen LogP contribution in [0.1, 0.15) is 53.7 Å². The number of aromatic nitrogens is 1. The fourth-order valence-corrected chi connectivity index (χ4v) is 5.98. The monoisotopic (exact) mass is 443 g/mol. The second-order valence-corrected chi connectivity index (χ2v) is 10.3. The van der Waals surface area contributed by atoms with E-state index in [0.717, 1.165) is 60.1 Å². The lowest BCUT2D eigenvalue weighted by Gasteiger charge is -2.35. The number of likely N-dealkylation sites (tertiary alicyclic amines) is 2. The second-order valence-electron chi connectivity index (χ2n) is 8.19. The van der Waals surface area contributed by atoms with Crippen molar-refractivity contribution in [2.75, 3.05) is 26.2 Å². The summed E-state index contributed by atoms with van der Waals surface area (Å²) in [5, 5.41) is 2.06. The van der Waals surface area contributed by atoms with Crippen LogP contribution in [-0.2, 0) is 10.5 Å². The molecule has 7 heteroatoms. The van der Waals surface area contributed by atoms with Gasteiger partial charge in [-0.05, 0) is 56.7 Å². The summed E-state index contributed by atoms with van der Waals surface area (Å²) in [6.45, 7) is 5.16. The van der Waals surface area contributed by atoms with E-state index in [4.69, 9.17) is 0 Å². The Bertz CT molecular complexity index is 867. The van der Waals surface area contributed by atoms with Crippen LogP contribution in [0.5, 0.6) is 0 Å². The van der Waals surface area contributed by atoms with Gasteiger partial charge in [0.1, 0.15) is 4.34 Å². The van der Waals surface area contributed by atoms with Crippen LogP contribution in [-0.4, -0.2) is 52.8 Å². The zero-order chi connectivity index (χ0) is 20.9. The molecule has 1 aromatic carbocycles. The summed E-state index contributed by atoms with van der Waals surface area (Å²) in [6, 6.07) is 7.92. The number of benzene rings is 1. The number of amides is 2. The summed E-state index contributed by atoms with van der Waals surface area (Å²) in [4.78, 5) is 34.0. The number of carbonyl (C=O) groups is 2. The van der Waals surface area contributed by atoms with Crippen LogP contribution in [0, 0.1) is 12.8 Å². The molecule has 4 rings (SSSR count). The van der Waals surface area contributed by atoms with Gasteiger partial charge < -0.3 is 9.80 Å². The maximum atomic E-state index is 12.9. The molecule has 1 aromatic heterocycles. The van der Waals surface area contributed by atoms with Gasteiger partial charge in [0.25, 0.3) is 5.91 Å². The Balaban J connectivity index is 1.27. The van der Waals surface area contributed by atoms with Gasteiger partial charge in [0.2, 0.25) is 5.91 Å². The number of carbonyl (C=O) groups excluding carboxylic acids is 2. The molecule has 2 aliphatic rings. The number of nitrogens with zero attached hydrogens (tertiary/aromatic N) is 3. The molecule has 2 aliphatic heterocycles. The third-order valence-corrected chi connectivity index (χ3v) is 8.17. The average molecular weight is 444 g/mol. The van der Waals surface area contributed by atoms with Crippen molar-refractivity contribution in [1.82, 2.24) is 14.8 Å². The van der Waals surface area contributed by atoms with Crippen LogP contribution in [0.2, 0.25) is 0 Å². The first-order valence-corrected chi connectivity index (χ1v) is 12.7. The average Bonchev–Trinajstić information content (AvgIpc) is 3.23. The Hall–Kier alpha value is -1.86. The molecule has 0 unspecified atom stereocenters. The predicted octanol–water partition coefficient (Wildman–Crippen LogP) is 4.61. The van der Waals surface area contributed by atoms with Gasteiger partial charge in [-0.2, -0.15) is 0 Å². The van der Waals surface area contributed by atoms with Crippen LogP contribution in [0.15, 0.2) is 34.0 Å². The van der Waals surface area contributed by atoms with Crippen molar-refractivity contribution in [3.8, 4) is 0 Å². The number of hydrogen-bond acceptors (Lipinski definition) is 5. The second kappa shape index (κ2) is 9.96. The van der Waals surface area contributed by atoms with Crippen LogP contribution < -0.4 is 0 Å². The van der Waals surface area contributed by atoms with E-state index >= 15 is 0 Å². The van der Waals surface area contributed by atoms with Gasteiger partial charge >= 0.3 is 0 Å². The summed E-state index contributed by atoms with van der Waals surface area (Å²) in [7, 11) is 0. The molecule has 0 aliphatic carbocycles. The van der Waals surface area contributed by atoms with E-state index in [2.05, 4.69) is 10.4 Å². The van der Waals surface area contributed by atoms with Gasteiger partial charge in [-0.25, -0.2) is 4.98 Å². The van der Waals surface area contributed by atoms with E-state index in [9.17, 15) is 9.59 Å². The molecule has 2 saturated heterocycles. The highest BCUT2D eigenvalue weighted by Gasteiger charge is 2.31. The minimum Gasteiger partial charge on any atom is -0.342 e. The van der Waals surface area contributed by atoms with E-state index in [1.54, 1.807) is 23.1 Å². The molecular weight excluding hydrogens is 414 g/mol. The predicted molar refractivity (Wildman–Crippen MR) is 122 cm³/mol. The molecule has 3 heterocycles. The van der Waals surface area contributed by atoms with Gasteiger partial charge in [0, 0.05) is 54.5 Å². The lowest BCUT2D eigenvalue weighted by Crippen LogP contribution is -2.45. The minimum atomic E-state index is 0.0774. The summed E-state index contributed by atoms with van der Waals surface area (Å²) in [6.07, 6.45) is 5.05. The van der Waals surface area contributed by atoms with Crippen molar-refractivity contribution in [2.45, 2.75) is 49.1 Å². The zero-order valence-corrected chi connectivity index (χ0v) is 19.1. The molecule has 0 saturated carbocycles. The lowest BCUT2D eigenvalue weighted by atomic mass is 9.94. The number of aryl methyl sites for hydroxylation is 1. The first-order valence-electron chi connectivity index (χ1n) is 10.8. The molecule has 0 spiro atoms. The number of thiazole rings is 1. The van der Waals surface area contributed by atoms with Crippen LogP contribution >= 0.6 is 23.1 Å². The number of piperidine rings is 2. The first-order chi connectivity index (χ1) is 14.6. The van der Waals surface area contributed by atoms with Crippen molar-refractivity contribution in [3.05, 3.63) is 46.5 Å². The number of hydrogen-bond donors (Lipinski definition) is 0. The molecule has 0 radical (unpaired) electrons. The Kier molecular flexibility index (Phi) is 7.10. The molecule has 0 atom stereocenters. The SMILES string of the molecule is Cc1csc(SCc2ccc(C(=O)N3CCC(C(=O)N4CCCCC4)CC3)cc2)n1. The van der Waals surface area contributed by atoms with E-state index < -0.39 is 0 Å². The normalized spacial score (nSPS) is 17.9. The molecular formula is C23H29N3O2S2. The van der Waals surface area contributed by atoms with Gasteiger partial charge in [-0.15, -0.1) is 11.3 Å². The molecule has 0 bridgehead atoms. The maximum Gasteiger partial charge on any atom is 0.253 e. The molecule has 5 nitrogen and oxygen atoms in total. The maximum absolute atomic E-state index is 12.9. The molecule has 2 amide bonds. The van der Waals surface area contributed by atoms with Gasteiger partial charge in [0.05, 0.1) is 0 Å². The highest BCUT2D eigenvalue weighted by atomic mass is 32.2. The molecule has 2 aromatic rings. The third-order valence-electron chi connectivity index (χ3n) is 5.96. The van der Waals surface area contributed by atoms with Gasteiger partial charge in [-0.3, -0.25) is 9.59 Å². The highest BCUT2D eigenvalue weighted by Crippen LogP contribution is 2.27. The van der Waals surface area contributed by atoms with Gasteiger partial charge in [-0.1, -0.05) is 23.9 Å².